The lowest BCUT2D eigenvalue weighted by molar-refractivity contribution is 0.899. The van der Waals surface area contributed by atoms with Crippen molar-refractivity contribution in [3.63, 3.8) is 0 Å². The van der Waals surface area contributed by atoms with Crippen molar-refractivity contribution in [1.29, 1.82) is 0 Å². The number of aryl methyl sites for hydroxylation is 1. The fourth-order valence-corrected chi connectivity index (χ4v) is 1.74. The lowest BCUT2D eigenvalue weighted by atomic mass is 10.3. The fourth-order valence-electron chi connectivity index (χ4n) is 1.74. The fraction of sp³-hybridized carbons (Fsp3) is 0.182. The third-order valence-corrected chi connectivity index (χ3v) is 2.59. The summed E-state index contributed by atoms with van der Waals surface area (Å²) in [6.07, 6.45) is 0.889. The van der Waals surface area contributed by atoms with Crippen LogP contribution in [-0.2, 0) is 6.42 Å². The molecule has 0 unspecified atom stereocenters. The summed E-state index contributed by atoms with van der Waals surface area (Å²) in [7, 11) is 0. The highest BCUT2D eigenvalue weighted by Gasteiger charge is 2.06. The van der Waals surface area contributed by atoms with Crippen LogP contribution in [-0.4, -0.2) is 19.8 Å². The number of rotatable bonds is 1. The minimum Gasteiger partial charge on any atom is -0.399 e. The molecule has 2 heterocycles. The van der Waals surface area contributed by atoms with E-state index < -0.39 is 0 Å². The van der Waals surface area contributed by atoms with E-state index in [9.17, 15) is 0 Å². The van der Waals surface area contributed by atoms with Crippen LogP contribution in [0.1, 0.15) is 12.6 Å². The highest BCUT2D eigenvalue weighted by Crippen LogP contribution is 2.16. The Kier molecular flexibility index (Phi) is 1.80. The van der Waals surface area contributed by atoms with Gasteiger partial charge in [-0.15, -0.1) is 10.2 Å². The second-order valence-corrected chi connectivity index (χ2v) is 3.71. The van der Waals surface area contributed by atoms with E-state index in [1.807, 2.05) is 18.2 Å². The van der Waals surface area contributed by atoms with Gasteiger partial charge in [-0.05, 0) is 24.6 Å². The second-order valence-electron chi connectivity index (χ2n) is 3.71. The van der Waals surface area contributed by atoms with Crippen LogP contribution in [0.25, 0.3) is 16.7 Å². The maximum Gasteiger partial charge on any atom is 0.178 e. The Balaban J connectivity index is 2.43. The molecule has 1 aromatic carbocycles. The first kappa shape index (κ1) is 9.08. The van der Waals surface area contributed by atoms with Gasteiger partial charge in [-0.1, -0.05) is 6.92 Å². The molecule has 0 spiro atoms. The summed E-state index contributed by atoms with van der Waals surface area (Å²) in [6, 6.07) is 7.51. The lowest BCUT2D eigenvalue weighted by Crippen LogP contribution is -1.97. The summed E-state index contributed by atoms with van der Waals surface area (Å²) in [4.78, 5) is 0. The molecule has 0 aliphatic rings. The zero-order valence-corrected chi connectivity index (χ0v) is 8.88. The molecule has 5 nitrogen and oxygen atoms in total. The standard InChI is InChI=1S/C11H11N5/c1-2-8-6-11-14-13-9-5-7(12)3-4-10(9)16(11)15-8/h3-6H,2,12H2,1H3. The molecule has 0 radical (unpaired) electrons. The normalized spacial score (nSPS) is 11.3. The quantitative estimate of drug-likeness (QED) is 0.621. The van der Waals surface area contributed by atoms with Crippen molar-refractivity contribution in [2.24, 2.45) is 0 Å². The molecule has 0 bridgehead atoms. The third-order valence-electron chi connectivity index (χ3n) is 2.59. The molecule has 0 aliphatic heterocycles. The molecular weight excluding hydrogens is 202 g/mol. The van der Waals surface area contributed by atoms with Crippen LogP contribution in [0.2, 0.25) is 0 Å². The molecule has 0 fully saturated rings. The molecule has 2 N–H and O–H groups in total. The molecule has 3 aromatic rings. The van der Waals surface area contributed by atoms with E-state index in [-0.39, 0.29) is 0 Å². The molecule has 0 atom stereocenters. The van der Waals surface area contributed by atoms with Gasteiger partial charge in [0.15, 0.2) is 5.65 Å². The van der Waals surface area contributed by atoms with Gasteiger partial charge in [0.25, 0.3) is 0 Å². The number of nitrogens with two attached hydrogens (primary N) is 1. The Morgan fingerprint density at radius 1 is 1.25 bits per heavy atom. The van der Waals surface area contributed by atoms with Gasteiger partial charge in [-0.25, -0.2) is 4.52 Å². The lowest BCUT2D eigenvalue weighted by Gasteiger charge is -1.99. The highest BCUT2D eigenvalue weighted by atomic mass is 15.3. The van der Waals surface area contributed by atoms with E-state index in [4.69, 9.17) is 5.73 Å². The average molecular weight is 213 g/mol. The first-order valence-electron chi connectivity index (χ1n) is 5.18. The van der Waals surface area contributed by atoms with Crippen LogP contribution in [0.15, 0.2) is 24.3 Å². The van der Waals surface area contributed by atoms with Crippen molar-refractivity contribution < 1.29 is 0 Å². The van der Waals surface area contributed by atoms with E-state index in [1.54, 1.807) is 10.6 Å². The molecule has 0 aliphatic carbocycles. The van der Waals surface area contributed by atoms with Gasteiger partial charge in [-0.3, -0.25) is 0 Å². The molecule has 5 heteroatoms. The smallest absolute Gasteiger partial charge is 0.178 e. The van der Waals surface area contributed by atoms with Crippen molar-refractivity contribution in [1.82, 2.24) is 19.8 Å². The minimum absolute atomic E-state index is 0.684. The number of anilines is 1. The highest BCUT2D eigenvalue weighted by molar-refractivity contribution is 5.79. The molecule has 0 saturated carbocycles. The second kappa shape index (κ2) is 3.16. The minimum atomic E-state index is 0.684. The van der Waals surface area contributed by atoms with Crippen molar-refractivity contribution >= 4 is 22.4 Å². The Bertz CT molecular complexity index is 670. The van der Waals surface area contributed by atoms with E-state index in [0.29, 0.717) is 5.69 Å². The average Bonchev–Trinajstić information content (AvgIpc) is 2.71. The molecule has 80 valence electrons. The monoisotopic (exact) mass is 213 g/mol. The third kappa shape index (κ3) is 1.21. The molecule has 3 rings (SSSR count). The summed E-state index contributed by atoms with van der Waals surface area (Å²) in [6.45, 7) is 2.06. The van der Waals surface area contributed by atoms with Gasteiger partial charge in [0.05, 0.1) is 11.2 Å². The Morgan fingerprint density at radius 2 is 2.12 bits per heavy atom. The summed E-state index contributed by atoms with van der Waals surface area (Å²) in [5, 5.41) is 12.7. The first-order valence-corrected chi connectivity index (χ1v) is 5.18. The molecule has 16 heavy (non-hydrogen) atoms. The SMILES string of the molecule is CCc1cc2nnc3cc(N)ccc3n2n1. The number of aromatic nitrogens is 4. The van der Waals surface area contributed by atoms with Crippen molar-refractivity contribution in [3.05, 3.63) is 30.0 Å². The van der Waals surface area contributed by atoms with Crippen LogP contribution < -0.4 is 5.73 Å². The Hall–Kier alpha value is -2.17. The van der Waals surface area contributed by atoms with Crippen molar-refractivity contribution in [2.75, 3.05) is 5.73 Å². The predicted molar refractivity (Wildman–Crippen MR) is 62.1 cm³/mol. The molecular formula is C11H11N5. The summed E-state index contributed by atoms with van der Waals surface area (Å²) in [5.74, 6) is 0. The van der Waals surface area contributed by atoms with E-state index in [0.717, 1.165) is 28.8 Å². The Labute approximate surface area is 91.9 Å². The van der Waals surface area contributed by atoms with Gasteiger partial charge < -0.3 is 5.73 Å². The van der Waals surface area contributed by atoms with Gasteiger partial charge >= 0.3 is 0 Å². The summed E-state index contributed by atoms with van der Waals surface area (Å²) < 4.78 is 1.81. The Morgan fingerprint density at radius 3 is 2.94 bits per heavy atom. The van der Waals surface area contributed by atoms with Gasteiger partial charge in [-0.2, -0.15) is 5.10 Å². The number of benzene rings is 1. The predicted octanol–water partition coefficient (Wildman–Crippen LogP) is 1.42. The van der Waals surface area contributed by atoms with Gasteiger partial charge in [0.2, 0.25) is 0 Å². The number of fused-ring (bicyclic) bond motifs is 3. The molecule has 0 saturated heterocycles. The van der Waals surface area contributed by atoms with Crippen molar-refractivity contribution in [2.45, 2.75) is 13.3 Å². The number of hydrogen-bond donors (Lipinski definition) is 1. The van der Waals surface area contributed by atoms with Crippen molar-refractivity contribution in [3.8, 4) is 0 Å². The molecule has 2 aromatic heterocycles. The van der Waals surface area contributed by atoms with E-state index >= 15 is 0 Å². The molecule has 0 amide bonds. The van der Waals surface area contributed by atoms with E-state index in [1.165, 1.54) is 0 Å². The number of nitrogens with zero attached hydrogens (tertiary/aromatic N) is 4. The van der Waals surface area contributed by atoms with E-state index in [2.05, 4.69) is 22.2 Å². The van der Waals surface area contributed by atoms with Crippen LogP contribution in [0, 0.1) is 0 Å². The summed E-state index contributed by atoms with van der Waals surface area (Å²) in [5.41, 5.74) is 9.86. The van der Waals surface area contributed by atoms with Crippen LogP contribution in [0.5, 0.6) is 0 Å². The van der Waals surface area contributed by atoms with Gasteiger partial charge in [0, 0.05) is 11.8 Å². The van der Waals surface area contributed by atoms with Crippen LogP contribution in [0.4, 0.5) is 5.69 Å². The largest absolute Gasteiger partial charge is 0.399 e. The maximum absolute atomic E-state index is 5.70. The van der Waals surface area contributed by atoms with Gasteiger partial charge in [0.1, 0.15) is 5.52 Å². The number of hydrogen-bond acceptors (Lipinski definition) is 4. The topological polar surface area (TPSA) is 69.1 Å². The summed E-state index contributed by atoms with van der Waals surface area (Å²) >= 11 is 0. The first-order chi connectivity index (χ1) is 7.78. The van der Waals surface area contributed by atoms with Crippen LogP contribution in [0.3, 0.4) is 0 Å². The van der Waals surface area contributed by atoms with Crippen LogP contribution >= 0.6 is 0 Å². The maximum atomic E-state index is 5.70. The number of nitrogen functional groups attached to an aromatic ring is 1. The zero-order chi connectivity index (χ0) is 11.1. The zero-order valence-electron chi connectivity index (χ0n) is 8.88.